The van der Waals surface area contributed by atoms with Crippen LogP contribution in [0.1, 0.15) is 17.3 Å². The SMILES string of the molecule is CN1CCN(Cc2cnn(C)c2)CC1c1nnn2cc(-c3ccccc3)ccc12.O=C(O)C(F)(F)F.O=C(O)C(F)(F)F. The van der Waals surface area contributed by atoms with E-state index in [1.165, 1.54) is 11.1 Å². The molecule has 4 heterocycles. The van der Waals surface area contributed by atoms with Crippen molar-refractivity contribution < 1.29 is 46.1 Å². The maximum absolute atomic E-state index is 10.6. The Morgan fingerprint density at radius 2 is 1.49 bits per heavy atom. The van der Waals surface area contributed by atoms with Gasteiger partial charge in [-0.1, -0.05) is 41.6 Å². The number of halogens is 6. The molecule has 0 aliphatic carbocycles. The summed E-state index contributed by atoms with van der Waals surface area (Å²) in [6.07, 6.45) is -4.06. The standard InChI is InChI=1S/C22H25N7.2C2HF3O2/c1-26-10-11-28(14-17-12-23-27(2)13-17)16-21(26)22-20-9-8-19(15-29(20)25-24-22)18-6-4-3-5-7-18;2*3-2(4,5)1(6)7/h3-9,12-13,15,21H,10-11,14,16H2,1-2H3;2*(H,6,7). The van der Waals surface area contributed by atoms with Crippen molar-refractivity contribution in [3.63, 3.8) is 0 Å². The molecular formula is C26H27F6N7O4. The molecule has 3 aromatic heterocycles. The van der Waals surface area contributed by atoms with Crippen LogP contribution in [0, 0.1) is 0 Å². The molecule has 1 unspecified atom stereocenters. The number of aliphatic carboxylic acids is 2. The van der Waals surface area contributed by atoms with Crippen molar-refractivity contribution in [3.05, 3.63) is 72.3 Å². The number of aromatic nitrogens is 5. The number of nitrogens with zero attached hydrogens (tertiary/aromatic N) is 7. The molecule has 232 valence electrons. The smallest absolute Gasteiger partial charge is 0.475 e. The van der Waals surface area contributed by atoms with Gasteiger partial charge in [-0.3, -0.25) is 14.5 Å². The van der Waals surface area contributed by atoms with Crippen molar-refractivity contribution in [3.8, 4) is 11.1 Å². The lowest BCUT2D eigenvalue weighted by Gasteiger charge is -2.38. The average molecular weight is 616 g/mol. The van der Waals surface area contributed by atoms with E-state index in [4.69, 9.17) is 19.8 Å². The second kappa shape index (κ2) is 13.6. The molecule has 0 radical (unpaired) electrons. The normalized spacial score (nSPS) is 16.1. The van der Waals surface area contributed by atoms with E-state index in [2.05, 4.69) is 81.1 Å². The van der Waals surface area contributed by atoms with Crippen LogP contribution in [-0.2, 0) is 23.2 Å². The van der Waals surface area contributed by atoms with Gasteiger partial charge in [0, 0.05) is 56.7 Å². The summed E-state index contributed by atoms with van der Waals surface area (Å²) in [4.78, 5) is 22.7. The Balaban J connectivity index is 0.000000303. The van der Waals surface area contributed by atoms with Crippen LogP contribution < -0.4 is 0 Å². The summed E-state index contributed by atoms with van der Waals surface area (Å²) in [5, 5.41) is 27.6. The van der Waals surface area contributed by atoms with Crippen molar-refractivity contribution in [2.24, 2.45) is 7.05 Å². The first kappa shape index (κ1) is 33.0. The molecule has 5 rings (SSSR count). The van der Waals surface area contributed by atoms with E-state index in [-0.39, 0.29) is 6.04 Å². The largest absolute Gasteiger partial charge is 0.490 e. The Labute approximate surface area is 240 Å². The van der Waals surface area contributed by atoms with Crippen LogP contribution in [0.25, 0.3) is 16.6 Å². The fraction of sp³-hybridized carbons (Fsp3) is 0.346. The van der Waals surface area contributed by atoms with Crippen molar-refractivity contribution in [1.82, 2.24) is 34.4 Å². The minimum absolute atomic E-state index is 0.223. The molecule has 2 N–H and O–H groups in total. The predicted octanol–water partition coefficient (Wildman–Crippen LogP) is 3.89. The summed E-state index contributed by atoms with van der Waals surface area (Å²) in [5.74, 6) is -5.51. The number of aryl methyl sites for hydroxylation is 1. The zero-order valence-corrected chi connectivity index (χ0v) is 22.8. The van der Waals surface area contributed by atoms with E-state index in [9.17, 15) is 26.3 Å². The van der Waals surface area contributed by atoms with Gasteiger partial charge >= 0.3 is 24.3 Å². The number of fused-ring (bicyclic) bond motifs is 1. The highest BCUT2D eigenvalue weighted by molar-refractivity contribution is 5.73. The number of carboxylic acids is 2. The summed E-state index contributed by atoms with van der Waals surface area (Å²) in [7, 11) is 4.14. The van der Waals surface area contributed by atoms with Gasteiger partial charge in [-0.2, -0.15) is 31.4 Å². The average Bonchev–Trinajstić information content (AvgIpc) is 3.55. The Bertz CT molecular complexity index is 1500. The molecular weight excluding hydrogens is 588 g/mol. The van der Waals surface area contributed by atoms with Gasteiger partial charge in [0.15, 0.2) is 0 Å². The van der Waals surface area contributed by atoms with Gasteiger partial charge in [-0.05, 0) is 18.7 Å². The number of carbonyl (C=O) groups is 2. The third-order valence-corrected chi connectivity index (χ3v) is 6.24. The minimum Gasteiger partial charge on any atom is -0.475 e. The van der Waals surface area contributed by atoms with Crippen LogP contribution in [0.2, 0.25) is 0 Å². The Kier molecular flexibility index (Phi) is 10.5. The lowest BCUT2D eigenvalue weighted by atomic mass is 10.1. The summed E-state index contributed by atoms with van der Waals surface area (Å²) < 4.78 is 67.2. The first-order valence-corrected chi connectivity index (χ1v) is 12.5. The van der Waals surface area contributed by atoms with E-state index in [1.54, 1.807) is 0 Å². The highest BCUT2D eigenvalue weighted by Gasteiger charge is 2.39. The molecule has 1 aliphatic heterocycles. The van der Waals surface area contributed by atoms with Gasteiger partial charge in [0.2, 0.25) is 0 Å². The van der Waals surface area contributed by atoms with E-state index in [0.29, 0.717) is 0 Å². The first-order chi connectivity index (χ1) is 20.1. The van der Waals surface area contributed by atoms with Crippen LogP contribution in [0.15, 0.2) is 61.1 Å². The van der Waals surface area contributed by atoms with E-state index >= 15 is 0 Å². The summed E-state index contributed by atoms with van der Waals surface area (Å²) in [6, 6.07) is 14.9. The molecule has 0 amide bonds. The van der Waals surface area contributed by atoms with Crippen molar-refractivity contribution in [2.75, 3.05) is 26.7 Å². The molecule has 0 bridgehead atoms. The van der Waals surface area contributed by atoms with Crippen molar-refractivity contribution >= 4 is 17.5 Å². The third kappa shape index (κ3) is 9.24. The van der Waals surface area contributed by atoms with Gasteiger partial charge < -0.3 is 10.2 Å². The van der Waals surface area contributed by atoms with Gasteiger partial charge in [0.25, 0.3) is 0 Å². The first-order valence-electron chi connectivity index (χ1n) is 12.5. The van der Waals surface area contributed by atoms with Crippen LogP contribution in [0.5, 0.6) is 0 Å². The molecule has 17 heteroatoms. The van der Waals surface area contributed by atoms with Crippen LogP contribution in [-0.4, -0.2) is 95.6 Å². The highest BCUT2D eigenvalue weighted by Crippen LogP contribution is 2.28. The van der Waals surface area contributed by atoms with E-state index in [1.807, 2.05) is 28.5 Å². The van der Waals surface area contributed by atoms with Gasteiger partial charge in [0.1, 0.15) is 5.69 Å². The molecule has 1 fully saturated rings. The van der Waals surface area contributed by atoms with Crippen LogP contribution in [0.4, 0.5) is 26.3 Å². The predicted molar refractivity (Wildman–Crippen MR) is 140 cm³/mol. The Morgan fingerprint density at radius 1 is 0.884 bits per heavy atom. The molecule has 1 aromatic carbocycles. The van der Waals surface area contributed by atoms with Gasteiger partial charge in [0.05, 0.1) is 17.8 Å². The molecule has 0 saturated carbocycles. The molecule has 1 saturated heterocycles. The molecule has 11 nitrogen and oxygen atoms in total. The molecule has 1 aliphatic rings. The zero-order chi connectivity index (χ0) is 31.9. The summed E-state index contributed by atoms with van der Waals surface area (Å²) in [6.45, 7) is 3.89. The fourth-order valence-electron chi connectivity index (χ4n) is 4.13. The molecule has 4 aromatic rings. The lowest BCUT2D eigenvalue weighted by Crippen LogP contribution is -2.46. The number of rotatable bonds is 4. The number of pyridine rings is 1. The molecule has 43 heavy (non-hydrogen) atoms. The number of likely N-dealkylation sites (N-methyl/N-ethyl adjacent to an activating group) is 1. The number of carboxylic acid groups (broad SMARTS) is 2. The fourth-order valence-corrected chi connectivity index (χ4v) is 4.13. The van der Waals surface area contributed by atoms with Crippen LogP contribution in [0.3, 0.4) is 0 Å². The van der Waals surface area contributed by atoms with Crippen molar-refractivity contribution in [2.45, 2.75) is 24.9 Å². The number of benzene rings is 1. The maximum atomic E-state index is 10.6. The topological polar surface area (TPSA) is 129 Å². The molecule has 0 spiro atoms. The Hall–Kier alpha value is -4.51. The minimum atomic E-state index is -5.08. The number of hydrogen-bond acceptors (Lipinski definition) is 7. The summed E-state index contributed by atoms with van der Waals surface area (Å²) in [5.41, 5.74) is 5.69. The van der Waals surface area contributed by atoms with Gasteiger partial charge in [-0.25, -0.2) is 14.1 Å². The van der Waals surface area contributed by atoms with Crippen LogP contribution >= 0.6 is 0 Å². The van der Waals surface area contributed by atoms with Gasteiger partial charge in [-0.15, -0.1) is 5.10 Å². The summed E-state index contributed by atoms with van der Waals surface area (Å²) >= 11 is 0. The third-order valence-electron chi connectivity index (χ3n) is 6.24. The quantitative estimate of drug-likeness (QED) is 0.329. The van der Waals surface area contributed by atoms with E-state index in [0.717, 1.165) is 43.0 Å². The molecule has 1 atom stereocenters. The lowest BCUT2D eigenvalue weighted by molar-refractivity contribution is -0.193. The van der Waals surface area contributed by atoms with E-state index < -0.39 is 24.3 Å². The second-order valence-electron chi connectivity index (χ2n) is 9.45. The monoisotopic (exact) mass is 615 g/mol. The second-order valence-corrected chi connectivity index (χ2v) is 9.45. The number of alkyl halides is 6. The van der Waals surface area contributed by atoms with Crippen molar-refractivity contribution in [1.29, 1.82) is 0 Å². The Morgan fingerprint density at radius 3 is 2.02 bits per heavy atom. The number of hydrogen-bond donors (Lipinski definition) is 2. The zero-order valence-electron chi connectivity index (χ0n) is 22.8. The maximum Gasteiger partial charge on any atom is 0.490 e. The number of piperazine rings is 1. The highest BCUT2D eigenvalue weighted by atomic mass is 19.4.